The van der Waals surface area contributed by atoms with Crippen LogP contribution in [0.1, 0.15) is 28.2 Å². The summed E-state index contributed by atoms with van der Waals surface area (Å²) in [4.78, 5) is 14.7. The van der Waals surface area contributed by atoms with E-state index in [0.717, 1.165) is 5.69 Å². The summed E-state index contributed by atoms with van der Waals surface area (Å²) < 4.78 is 0. The first-order valence-electron chi connectivity index (χ1n) is 5.96. The molecule has 0 aliphatic heterocycles. The van der Waals surface area contributed by atoms with Crippen LogP contribution in [-0.4, -0.2) is 13.0 Å². The second-order valence-electron chi connectivity index (χ2n) is 4.44. The maximum absolute atomic E-state index is 11.3. The fourth-order valence-electron chi connectivity index (χ4n) is 1.92. The van der Waals surface area contributed by atoms with Gasteiger partial charge >= 0.3 is 0 Å². The van der Waals surface area contributed by atoms with Crippen molar-refractivity contribution in [2.24, 2.45) is 5.73 Å². The molecule has 1 amide bonds. The van der Waals surface area contributed by atoms with Gasteiger partial charge in [-0.1, -0.05) is 6.07 Å². The van der Waals surface area contributed by atoms with Crippen molar-refractivity contribution >= 4 is 28.6 Å². The summed E-state index contributed by atoms with van der Waals surface area (Å²) in [5.74, 6) is -0.503. The molecule has 0 saturated heterocycles. The molecule has 0 spiro atoms. The summed E-state index contributed by atoms with van der Waals surface area (Å²) in [6.07, 6.45) is 0. The standard InChI is InChI=1S/C14H17N3OS/c1-9(13-4-3-7-19-13)17(2)10-5-6-12(15)11(8-10)14(16)18/h3-9H,15H2,1-2H3,(H2,16,18). The Balaban J connectivity index is 2.31. The second-order valence-corrected chi connectivity index (χ2v) is 5.42. The van der Waals surface area contributed by atoms with Gasteiger partial charge in [-0.3, -0.25) is 4.79 Å². The lowest BCUT2D eigenvalue weighted by atomic mass is 10.1. The van der Waals surface area contributed by atoms with Crippen LogP contribution in [0.4, 0.5) is 11.4 Å². The lowest BCUT2D eigenvalue weighted by Crippen LogP contribution is -2.22. The number of anilines is 2. The molecule has 0 radical (unpaired) electrons. The average Bonchev–Trinajstić information content (AvgIpc) is 2.91. The minimum absolute atomic E-state index is 0.226. The molecule has 1 heterocycles. The molecule has 0 aliphatic carbocycles. The number of nitrogens with zero attached hydrogens (tertiary/aromatic N) is 1. The lowest BCUT2D eigenvalue weighted by Gasteiger charge is -2.26. The number of hydrogen-bond acceptors (Lipinski definition) is 4. The number of nitrogen functional groups attached to an aromatic ring is 1. The molecule has 19 heavy (non-hydrogen) atoms. The Morgan fingerprint density at radius 3 is 2.68 bits per heavy atom. The number of amides is 1. The second kappa shape index (κ2) is 5.32. The number of hydrogen-bond donors (Lipinski definition) is 2. The Morgan fingerprint density at radius 2 is 2.11 bits per heavy atom. The maximum atomic E-state index is 11.3. The van der Waals surface area contributed by atoms with Gasteiger partial charge in [0.25, 0.3) is 5.91 Å². The van der Waals surface area contributed by atoms with E-state index in [-0.39, 0.29) is 6.04 Å². The summed E-state index contributed by atoms with van der Waals surface area (Å²) >= 11 is 1.71. The van der Waals surface area contributed by atoms with E-state index in [1.165, 1.54) is 4.88 Å². The Morgan fingerprint density at radius 1 is 1.37 bits per heavy atom. The molecule has 100 valence electrons. The summed E-state index contributed by atoms with van der Waals surface area (Å²) in [5.41, 5.74) is 12.8. The summed E-state index contributed by atoms with van der Waals surface area (Å²) in [5, 5.41) is 2.05. The Labute approximate surface area is 116 Å². The molecule has 0 saturated carbocycles. The van der Waals surface area contributed by atoms with E-state index >= 15 is 0 Å². The van der Waals surface area contributed by atoms with Crippen LogP contribution in [0.3, 0.4) is 0 Å². The van der Waals surface area contributed by atoms with Gasteiger partial charge in [-0.2, -0.15) is 0 Å². The monoisotopic (exact) mass is 275 g/mol. The van der Waals surface area contributed by atoms with Crippen molar-refractivity contribution < 1.29 is 4.79 Å². The smallest absolute Gasteiger partial charge is 0.250 e. The maximum Gasteiger partial charge on any atom is 0.250 e. The molecule has 0 fully saturated rings. The average molecular weight is 275 g/mol. The predicted octanol–water partition coefficient (Wildman–Crippen LogP) is 2.63. The summed E-state index contributed by atoms with van der Waals surface area (Å²) in [7, 11) is 1.99. The van der Waals surface area contributed by atoms with Crippen LogP contribution in [-0.2, 0) is 0 Å². The first kappa shape index (κ1) is 13.4. The van der Waals surface area contributed by atoms with Gasteiger partial charge in [0.15, 0.2) is 0 Å². The highest BCUT2D eigenvalue weighted by Crippen LogP contribution is 2.29. The largest absolute Gasteiger partial charge is 0.398 e. The third-order valence-corrected chi connectivity index (χ3v) is 4.29. The number of carbonyl (C=O) groups is 1. The normalized spacial score (nSPS) is 12.1. The number of thiophene rings is 1. The van der Waals surface area contributed by atoms with Crippen LogP contribution in [0, 0.1) is 0 Å². The van der Waals surface area contributed by atoms with E-state index in [1.807, 2.05) is 19.2 Å². The Bertz CT molecular complexity index is 580. The molecule has 4 nitrogen and oxygen atoms in total. The molecule has 2 rings (SSSR count). The molecule has 5 heteroatoms. The number of carbonyl (C=O) groups excluding carboxylic acids is 1. The molecule has 4 N–H and O–H groups in total. The zero-order chi connectivity index (χ0) is 14.0. The SMILES string of the molecule is CC(c1cccs1)N(C)c1ccc(N)c(C(N)=O)c1. The predicted molar refractivity (Wildman–Crippen MR) is 80.5 cm³/mol. The fourth-order valence-corrected chi connectivity index (χ4v) is 2.75. The highest BCUT2D eigenvalue weighted by Gasteiger charge is 2.15. The Kier molecular flexibility index (Phi) is 3.76. The van der Waals surface area contributed by atoms with Crippen molar-refractivity contribution in [3.8, 4) is 0 Å². The van der Waals surface area contributed by atoms with Crippen LogP contribution in [0.25, 0.3) is 0 Å². The Hall–Kier alpha value is -2.01. The van der Waals surface area contributed by atoms with Crippen molar-refractivity contribution in [2.45, 2.75) is 13.0 Å². The van der Waals surface area contributed by atoms with E-state index in [4.69, 9.17) is 11.5 Å². The van der Waals surface area contributed by atoms with Crippen LogP contribution < -0.4 is 16.4 Å². The highest BCUT2D eigenvalue weighted by molar-refractivity contribution is 7.10. The molecule has 1 unspecified atom stereocenters. The van der Waals surface area contributed by atoms with Gasteiger partial charge in [-0.15, -0.1) is 11.3 Å². The third kappa shape index (κ3) is 2.71. The van der Waals surface area contributed by atoms with E-state index in [9.17, 15) is 4.79 Å². The van der Waals surface area contributed by atoms with E-state index in [1.54, 1.807) is 23.5 Å². The van der Waals surface area contributed by atoms with Gasteiger partial charge in [-0.05, 0) is 36.6 Å². The van der Waals surface area contributed by atoms with E-state index in [0.29, 0.717) is 11.3 Å². The summed E-state index contributed by atoms with van der Waals surface area (Å²) in [6.45, 7) is 2.12. The van der Waals surface area contributed by atoms with E-state index < -0.39 is 5.91 Å². The van der Waals surface area contributed by atoms with Crippen LogP contribution in [0.15, 0.2) is 35.7 Å². The van der Waals surface area contributed by atoms with Gasteiger partial charge in [0.2, 0.25) is 0 Å². The number of nitrogens with two attached hydrogens (primary N) is 2. The zero-order valence-corrected chi connectivity index (χ0v) is 11.8. The molecule has 0 bridgehead atoms. The van der Waals surface area contributed by atoms with Crippen molar-refractivity contribution in [3.63, 3.8) is 0 Å². The van der Waals surface area contributed by atoms with Crippen molar-refractivity contribution in [3.05, 3.63) is 46.2 Å². The van der Waals surface area contributed by atoms with Gasteiger partial charge in [-0.25, -0.2) is 0 Å². The number of rotatable bonds is 4. The zero-order valence-electron chi connectivity index (χ0n) is 11.0. The molecular formula is C14H17N3OS. The fraction of sp³-hybridized carbons (Fsp3) is 0.214. The van der Waals surface area contributed by atoms with Gasteiger partial charge in [0.05, 0.1) is 11.6 Å². The van der Waals surface area contributed by atoms with Crippen molar-refractivity contribution in [2.75, 3.05) is 17.7 Å². The first-order chi connectivity index (χ1) is 9.00. The van der Waals surface area contributed by atoms with Crippen LogP contribution >= 0.6 is 11.3 Å². The highest BCUT2D eigenvalue weighted by atomic mass is 32.1. The van der Waals surface area contributed by atoms with E-state index in [2.05, 4.69) is 23.3 Å². The first-order valence-corrected chi connectivity index (χ1v) is 6.84. The molecule has 1 aromatic carbocycles. The molecule has 2 aromatic rings. The molecule has 1 atom stereocenters. The number of primary amides is 1. The quantitative estimate of drug-likeness (QED) is 0.842. The van der Waals surface area contributed by atoms with Crippen molar-refractivity contribution in [1.82, 2.24) is 0 Å². The van der Waals surface area contributed by atoms with Crippen LogP contribution in [0.5, 0.6) is 0 Å². The van der Waals surface area contributed by atoms with Crippen LogP contribution in [0.2, 0.25) is 0 Å². The minimum Gasteiger partial charge on any atom is -0.398 e. The molecule has 0 aliphatic rings. The summed E-state index contributed by atoms with van der Waals surface area (Å²) in [6, 6.07) is 9.70. The topological polar surface area (TPSA) is 72.3 Å². The van der Waals surface area contributed by atoms with Gasteiger partial charge < -0.3 is 16.4 Å². The van der Waals surface area contributed by atoms with Gasteiger partial charge in [0, 0.05) is 23.3 Å². The van der Waals surface area contributed by atoms with Gasteiger partial charge in [0.1, 0.15) is 0 Å². The molecule has 1 aromatic heterocycles. The van der Waals surface area contributed by atoms with Crippen molar-refractivity contribution in [1.29, 1.82) is 0 Å². The minimum atomic E-state index is -0.503. The molecular weight excluding hydrogens is 258 g/mol. The third-order valence-electron chi connectivity index (χ3n) is 3.25. The lowest BCUT2D eigenvalue weighted by molar-refractivity contribution is 0.100. The number of benzene rings is 1.